The van der Waals surface area contributed by atoms with E-state index in [1.165, 1.54) is 12.5 Å². The number of benzene rings is 1. The van der Waals surface area contributed by atoms with Crippen LogP contribution in [0.15, 0.2) is 24.3 Å². The van der Waals surface area contributed by atoms with Gasteiger partial charge in [0.05, 0.1) is 24.5 Å². The largest absolute Gasteiger partial charge is 0.389 e. The van der Waals surface area contributed by atoms with Crippen LogP contribution in [-0.2, 0) is 4.74 Å². The number of anilines is 1. The molecule has 0 bridgehead atoms. The molecule has 4 nitrogen and oxygen atoms in total. The Labute approximate surface area is 163 Å². The molecular formula is C22H35FN2O2. The molecule has 1 saturated carbocycles. The summed E-state index contributed by atoms with van der Waals surface area (Å²) in [5.74, 6) is 0.520. The number of rotatable bonds is 6. The zero-order valence-electron chi connectivity index (χ0n) is 17.0. The van der Waals surface area contributed by atoms with Crippen LogP contribution in [0.5, 0.6) is 0 Å². The quantitative estimate of drug-likeness (QED) is 0.821. The van der Waals surface area contributed by atoms with Gasteiger partial charge in [0.25, 0.3) is 0 Å². The van der Waals surface area contributed by atoms with Crippen molar-refractivity contribution in [1.29, 1.82) is 0 Å². The van der Waals surface area contributed by atoms with Gasteiger partial charge in [0.2, 0.25) is 0 Å². The summed E-state index contributed by atoms with van der Waals surface area (Å²) in [6.45, 7) is 11.2. The van der Waals surface area contributed by atoms with Crippen molar-refractivity contribution in [1.82, 2.24) is 4.90 Å². The molecule has 1 heterocycles. The average Bonchev–Trinajstić information content (AvgIpc) is 2.60. The molecule has 1 N–H and O–H groups in total. The van der Waals surface area contributed by atoms with Gasteiger partial charge in [0.15, 0.2) is 0 Å². The van der Waals surface area contributed by atoms with E-state index in [1.54, 1.807) is 6.07 Å². The van der Waals surface area contributed by atoms with Crippen LogP contribution < -0.4 is 4.90 Å². The molecule has 2 fully saturated rings. The van der Waals surface area contributed by atoms with Gasteiger partial charge in [0.1, 0.15) is 5.82 Å². The molecule has 0 spiro atoms. The Balaban J connectivity index is 1.39. The number of nitrogens with zero attached hydrogens (tertiary/aromatic N) is 2. The van der Waals surface area contributed by atoms with Crippen molar-refractivity contribution in [2.45, 2.75) is 52.2 Å². The Morgan fingerprint density at radius 2 is 1.89 bits per heavy atom. The van der Waals surface area contributed by atoms with Crippen LogP contribution in [0.3, 0.4) is 0 Å². The fraction of sp³-hybridized carbons (Fsp3) is 0.727. The minimum atomic E-state index is -0.467. The monoisotopic (exact) mass is 378 g/mol. The SMILES string of the molecule is C[C@@H]1C[C@@H](OC[C@H](O)CN2CCN(c3ccccc3F)CC2)CC(C)(C)C1. The molecular weight excluding hydrogens is 343 g/mol. The molecule has 1 aromatic rings. The third-order valence-electron chi connectivity index (χ3n) is 5.91. The Kier molecular flexibility index (Phi) is 6.77. The number of piperazine rings is 1. The van der Waals surface area contributed by atoms with Gasteiger partial charge in [-0.3, -0.25) is 4.90 Å². The summed E-state index contributed by atoms with van der Waals surface area (Å²) in [4.78, 5) is 4.33. The minimum absolute atomic E-state index is 0.163. The number of hydrogen-bond donors (Lipinski definition) is 1. The lowest BCUT2D eigenvalue weighted by atomic mass is 9.71. The van der Waals surface area contributed by atoms with Crippen molar-refractivity contribution >= 4 is 5.69 Å². The first kappa shape index (κ1) is 20.6. The van der Waals surface area contributed by atoms with E-state index in [0.717, 1.165) is 39.0 Å². The van der Waals surface area contributed by atoms with Gasteiger partial charge in [-0.1, -0.05) is 32.9 Å². The predicted molar refractivity (Wildman–Crippen MR) is 108 cm³/mol. The first-order valence-electron chi connectivity index (χ1n) is 10.3. The molecule has 5 heteroatoms. The molecule has 0 amide bonds. The van der Waals surface area contributed by atoms with Crippen molar-refractivity contribution in [3.63, 3.8) is 0 Å². The number of ether oxygens (including phenoxy) is 1. The molecule has 3 atom stereocenters. The summed E-state index contributed by atoms with van der Waals surface area (Å²) >= 11 is 0. The van der Waals surface area contributed by atoms with Crippen LogP contribution in [0.1, 0.15) is 40.0 Å². The molecule has 0 unspecified atom stereocenters. The lowest BCUT2D eigenvalue weighted by Crippen LogP contribution is -2.49. The minimum Gasteiger partial charge on any atom is -0.389 e. The Morgan fingerprint density at radius 1 is 1.19 bits per heavy atom. The second-order valence-corrected chi connectivity index (χ2v) is 9.26. The molecule has 2 aliphatic rings. The van der Waals surface area contributed by atoms with Gasteiger partial charge < -0.3 is 14.7 Å². The van der Waals surface area contributed by atoms with Crippen LogP contribution in [0.25, 0.3) is 0 Å². The summed E-state index contributed by atoms with van der Waals surface area (Å²) in [6, 6.07) is 6.94. The van der Waals surface area contributed by atoms with Crippen LogP contribution >= 0.6 is 0 Å². The maximum absolute atomic E-state index is 13.9. The number of hydrogen-bond acceptors (Lipinski definition) is 4. The van der Waals surface area contributed by atoms with Gasteiger partial charge in [-0.25, -0.2) is 4.39 Å². The number of β-amino-alcohol motifs (C(OH)–C–C–N with tert-alkyl or cyclic N) is 1. The maximum atomic E-state index is 13.9. The molecule has 0 radical (unpaired) electrons. The average molecular weight is 379 g/mol. The van der Waals surface area contributed by atoms with Gasteiger partial charge in [-0.2, -0.15) is 0 Å². The normalized spacial score (nSPS) is 27.5. The summed E-state index contributed by atoms with van der Waals surface area (Å²) in [7, 11) is 0. The van der Waals surface area contributed by atoms with Crippen molar-refractivity contribution in [3.8, 4) is 0 Å². The fourth-order valence-corrected chi connectivity index (χ4v) is 4.86. The number of halogens is 1. The van der Waals surface area contributed by atoms with E-state index in [2.05, 4.69) is 30.6 Å². The highest BCUT2D eigenvalue weighted by molar-refractivity contribution is 5.47. The van der Waals surface area contributed by atoms with Crippen LogP contribution in [-0.4, -0.2) is 61.5 Å². The van der Waals surface area contributed by atoms with Crippen molar-refractivity contribution in [2.24, 2.45) is 11.3 Å². The molecule has 3 rings (SSSR count). The third kappa shape index (κ3) is 5.90. The van der Waals surface area contributed by atoms with Crippen molar-refractivity contribution < 1.29 is 14.2 Å². The van der Waals surface area contributed by atoms with Gasteiger partial charge >= 0.3 is 0 Å². The molecule has 27 heavy (non-hydrogen) atoms. The standard InChI is InChI=1S/C22H35FN2O2/c1-17-12-19(14-22(2,3)13-17)27-16-18(26)15-24-8-10-25(11-9-24)21-7-5-4-6-20(21)23/h4-7,17-19,26H,8-16H2,1-3H3/t17-,18-,19-/m1/s1. The lowest BCUT2D eigenvalue weighted by Gasteiger charge is -2.39. The highest BCUT2D eigenvalue weighted by Gasteiger charge is 2.33. The summed E-state index contributed by atoms with van der Waals surface area (Å²) in [6.07, 6.45) is 3.21. The number of para-hydroxylation sites is 1. The highest BCUT2D eigenvalue weighted by atomic mass is 19.1. The van der Waals surface area contributed by atoms with Gasteiger partial charge in [0, 0.05) is 32.7 Å². The van der Waals surface area contributed by atoms with E-state index in [4.69, 9.17) is 4.74 Å². The molecule has 0 aromatic heterocycles. The van der Waals surface area contributed by atoms with E-state index >= 15 is 0 Å². The lowest BCUT2D eigenvalue weighted by molar-refractivity contribution is -0.0615. The van der Waals surface area contributed by atoms with E-state index < -0.39 is 6.10 Å². The predicted octanol–water partition coefficient (Wildman–Crippen LogP) is 3.54. The maximum Gasteiger partial charge on any atom is 0.146 e. The van der Waals surface area contributed by atoms with E-state index in [1.807, 2.05) is 12.1 Å². The van der Waals surface area contributed by atoms with Crippen LogP contribution in [0.2, 0.25) is 0 Å². The Hall–Kier alpha value is -1.17. The molecule has 1 aromatic carbocycles. The Bertz CT molecular complexity index is 602. The topological polar surface area (TPSA) is 35.9 Å². The fourth-order valence-electron chi connectivity index (χ4n) is 4.86. The Morgan fingerprint density at radius 3 is 2.56 bits per heavy atom. The highest BCUT2D eigenvalue weighted by Crippen LogP contribution is 2.39. The smallest absolute Gasteiger partial charge is 0.146 e. The number of aliphatic hydroxyl groups is 1. The molecule has 1 aliphatic heterocycles. The third-order valence-corrected chi connectivity index (χ3v) is 5.91. The molecule has 152 valence electrons. The van der Waals surface area contributed by atoms with Crippen LogP contribution in [0, 0.1) is 17.2 Å². The van der Waals surface area contributed by atoms with Crippen LogP contribution in [0.4, 0.5) is 10.1 Å². The second kappa shape index (κ2) is 8.89. The van der Waals surface area contributed by atoms with E-state index in [9.17, 15) is 9.50 Å². The summed E-state index contributed by atoms with van der Waals surface area (Å²) < 4.78 is 20.0. The first-order valence-corrected chi connectivity index (χ1v) is 10.3. The van der Waals surface area contributed by atoms with Crippen molar-refractivity contribution in [3.05, 3.63) is 30.1 Å². The summed E-state index contributed by atoms with van der Waals surface area (Å²) in [5.41, 5.74) is 1.01. The van der Waals surface area contributed by atoms with Gasteiger partial charge in [-0.15, -0.1) is 0 Å². The molecule has 1 aliphatic carbocycles. The zero-order chi connectivity index (χ0) is 19.4. The zero-order valence-corrected chi connectivity index (χ0v) is 17.0. The number of aliphatic hydroxyl groups excluding tert-OH is 1. The summed E-state index contributed by atoms with van der Waals surface area (Å²) in [5, 5.41) is 10.4. The van der Waals surface area contributed by atoms with Crippen molar-refractivity contribution in [2.75, 3.05) is 44.2 Å². The molecule has 1 saturated heterocycles. The van der Waals surface area contributed by atoms with Gasteiger partial charge in [-0.05, 0) is 42.7 Å². The first-order chi connectivity index (χ1) is 12.8. The second-order valence-electron chi connectivity index (χ2n) is 9.26. The van der Waals surface area contributed by atoms with E-state index in [0.29, 0.717) is 30.2 Å². The van der Waals surface area contributed by atoms with E-state index in [-0.39, 0.29) is 11.9 Å².